The number of hydrogen-bond donors (Lipinski definition) is 1. The zero-order valence-corrected chi connectivity index (χ0v) is 7.55. The normalized spacial score (nSPS) is 13.0. The molecule has 0 saturated heterocycles. The lowest BCUT2D eigenvalue weighted by atomic mass is 10.0. The molecule has 1 aromatic heterocycles. The Balaban J connectivity index is 3.31. The van der Waals surface area contributed by atoms with E-state index < -0.39 is 23.0 Å². The van der Waals surface area contributed by atoms with Crippen molar-refractivity contribution in [3.63, 3.8) is 0 Å². The highest BCUT2D eigenvalue weighted by molar-refractivity contribution is 5.23. The average molecular weight is 205 g/mol. The van der Waals surface area contributed by atoms with Crippen molar-refractivity contribution in [3.8, 4) is 0 Å². The van der Waals surface area contributed by atoms with E-state index >= 15 is 0 Å². The van der Waals surface area contributed by atoms with Gasteiger partial charge in [0.15, 0.2) is 6.33 Å². The average Bonchev–Trinajstić information content (AvgIpc) is 2.01. The first kappa shape index (κ1) is 10.9. The maximum Gasteiger partial charge on any atom is 0.419 e. The fourth-order valence-electron chi connectivity index (χ4n) is 0.967. The predicted octanol–water partition coefficient (Wildman–Crippen LogP) is 1.52. The molecule has 1 radical (unpaired) electrons. The number of aliphatic hydroxyl groups is 1. The van der Waals surface area contributed by atoms with E-state index in [0.717, 1.165) is 0 Å². The van der Waals surface area contributed by atoms with E-state index in [4.69, 9.17) is 0 Å². The van der Waals surface area contributed by atoms with Crippen LogP contribution >= 0.6 is 0 Å². The monoisotopic (exact) mass is 205 g/mol. The summed E-state index contributed by atoms with van der Waals surface area (Å²) in [5.74, 6) is 0. The van der Waals surface area contributed by atoms with Crippen molar-refractivity contribution >= 4 is 0 Å². The fourth-order valence-corrected chi connectivity index (χ4v) is 0.967. The van der Waals surface area contributed by atoms with Gasteiger partial charge in [0.2, 0.25) is 0 Å². The Labute approximate surface area is 78.6 Å². The van der Waals surface area contributed by atoms with Crippen molar-refractivity contribution in [3.05, 3.63) is 23.8 Å². The SMILES string of the molecule is CC(C)(O)c1n[c]ncc1C(F)(F)F. The smallest absolute Gasteiger partial charge is 0.384 e. The molecule has 6 heteroatoms. The fraction of sp³-hybridized carbons (Fsp3) is 0.500. The molecule has 1 aromatic rings. The maximum absolute atomic E-state index is 12.4. The second kappa shape index (κ2) is 3.20. The Hall–Kier alpha value is -1.17. The molecule has 1 N–H and O–H groups in total. The third kappa shape index (κ3) is 2.20. The van der Waals surface area contributed by atoms with Crippen LogP contribution < -0.4 is 0 Å². The van der Waals surface area contributed by atoms with Gasteiger partial charge >= 0.3 is 6.18 Å². The minimum Gasteiger partial charge on any atom is -0.384 e. The molecule has 14 heavy (non-hydrogen) atoms. The summed E-state index contributed by atoms with van der Waals surface area (Å²) in [6.45, 7) is 2.44. The Kier molecular flexibility index (Phi) is 2.49. The first-order valence-corrected chi connectivity index (χ1v) is 3.76. The van der Waals surface area contributed by atoms with Crippen LogP contribution in [0.3, 0.4) is 0 Å². The van der Waals surface area contributed by atoms with Crippen LogP contribution in [0.4, 0.5) is 13.2 Å². The zero-order chi connectivity index (χ0) is 11.0. The number of alkyl halides is 3. The van der Waals surface area contributed by atoms with Crippen LogP contribution in [0.5, 0.6) is 0 Å². The minimum absolute atomic E-state index is 0.472. The molecule has 1 rings (SSSR count). The zero-order valence-electron chi connectivity index (χ0n) is 7.55. The molecule has 0 atom stereocenters. The lowest BCUT2D eigenvalue weighted by Gasteiger charge is -2.20. The van der Waals surface area contributed by atoms with Crippen LogP contribution in [0, 0.1) is 6.33 Å². The van der Waals surface area contributed by atoms with E-state index in [1.54, 1.807) is 0 Å². The van der Waals surface area contributed by atoms with E-state index in [2.05, 4.69) is 9.97 Å². The molecule has 0 aliphatic carbocycles. The Bertz CT molecular complexity index is 297. The number of hydrogen-bond acceptors (Lipinski definition) is 3. The minimum atomic E-state index is -4.57. The van der Waals surface area contributed by atoms with Gasteiger partial charge in [0.25, 0.3) is 0 Å². The van der Waals surface area contributed by atoms with Gasteiger partial charge in [-0.1, -0.05) is 0 Å². The predicted molar refractivity (Wildman–Crippen MR) is 41.1 cm³/mol. The maximum atomic E-state index is 12.4. The first-order valence-electron chi connectivity index (χ1n) is 3.76. The standard InChI is InChI=1S/C8H8F3N2O/c1-7(2,14)6-5(8(9,10)11)3-12-4-13-6/h3,14H,1-2H3. The second-order valence-electron chi connectivity index (χ2n) is 3.29. The summed E-state index contributed by atoms with van der Waals surface area (Å²) in [7, 11) is 0. The van der Waals surface area contributed by atoms with E-state index in [9.17, 15) is 18.3 Å². The van der Waals surface area contributed by atoms with Crippen molar-refractivity contribution in [1.82, 2.24) is 9.97 Å². The van der Waals surface area contributed by atoms with E-state index in [1.165, 1.54) is 13.8 Å². The van der Waals surface area contributed by atoms with Crippen LogP contribution in [0.1, 0.15) is 25.1 Å². The van der Waals surface area contributed by atoms with Gasteiger partial charge in [-0.05, 0) is 13.8 Å². The molecule has 0 aliphatic rings. The summed E-state index contributed by atoms with van der Waals surface area (Å²) >= 11 is 0. The van der Waals surface area contributed by atoms with Crippen molar-refractivity contribution in [2.45, 2.75) is 25.6 Å². The van der Waals surface area contributed by atoms with Crippen LogP contribution in [-0.2, 0) is 11.8 Å². The highest BCUT2D eigenvalue weighted by Crippen LogP contribution is 2.34. The molecule has 0 spiro atoms. The lowest BCUT2D eigenvalue weighted by molar-refractivity contribution is -0.141. The molecular formula is C8H8F3N2O. The quantitative estimate of drug-likeness (QED) is 0.756. The van der Waals surface area contributed by atoms with Gasteiger partial charge in [0.05, 0.1) is 11.3 Å². The summed E-state index contributed by atoms with van der Waals surface area (Å²) in [6, 6.07) is 0. The summed E-state index contributed by atoms with van der Waals surface area (Å²) in [4.78, 5) is 6.47. The summed E-state index contributed by atoms with van der Waals surface area (Å²) in [5, 5.41) is 9.42. The number of rotatable bonds is 1. The molecule has 77 valence electrons. The topological polar surface area (TPSA) is 46.0 Å². The molecule has 3 nitrogen and oxygen atoms in total. The van der Waals surface area contributed by atoms with Gasteiger partial charge in [-0.3, -0.25) is 0 Å². The number of aromatic nitrogens is 2. The number of halogens is 3. The molecular weight excluding hydrogens is 197 g/mol. The molecule has 0 bridgehead atoms. The summed E-state index contributed by atoms with van der Waals surface area (Å²) in [5.41, 5.74) is -3.17. The Morgan fingerprint density at radius 2 is 1.93 bits per heavy atom. The van der Waals surface area contributed by atoms with Crippen LogP contribution in [-0.4, -0.2) is 15.1 Å². The van der Waals surface area contributed by atoms with E-state index in [-0.39, 0.29) is 0 Å². The molecule has 0 aliphatic heterocycles. The third-order valence-electron chi connectivity index (χ3n) is 1.55. The molecule has 0 unspecified atom stereocenters. The molecule has 0 saturated carbocycles. The van der Waals surface area contributed by atoms with Crippen molar-refractivity contribution in [2.75, 3.05) is 0 Å². The van der Waals surface area contributed by atoms with E-state index in [1.807, 2.05) is 6.33 Å². The van der Waals surface area contributed by atoms with Crippen LogP contribution in [0.25, 0.3) is 0 Å². The molecule has 0 aromatic carbocycles. The van der Waals surface area contributed by atoms with Crippen molar-refractivity contribution < 1.29 is 18.3 Å². The first-order chi connectivity index (χ1) is 6.23. The van der Waals surface area contributed by atoms with Crippen LogP contribution in [0.15, 0.2) is 6.20 Å². The van der Waals surface area contributed by atoms with Gasteiger partial charge in [-0.25, -0.2) is 9.97 Å². The van der Waals surface area contributed by atoms with Gasteiger partial charge in [-0.2, -0.15) is 13.2 Å². The molecule has 1 heterocycles. The highest BCUT2D eigenvalue weighted by atomic mass is 19.4. The summed E-state index contributed by atoms with van der Waals surface area (Å²) < 4.78 is 37.1. The third-order valence-corrected chi connectivity index (χ3v) is 1.55. The second-order valence-corrected chi connectivity index (χ2v) is 3.29. The lowest BCUT2D eigenvalue weighted by Crippen LogP contribution is -2.24. The van der Waals surface area contributed by atoms with Crippen LogP contribution in [0.2, 0.25) is 0 Å². The van der Waals surface area contributed by atoms with E-state index in [0.29, 0.717) is 6.20 Å². The van der Waals surface area contributed by atoms with Crippen molar-refractivity contribution in [2.24, 2.45) is 0 Å². The van der Waals surface area contributed by atoms with Gasteiger partial charge in [0.1, 0.15) is 5.60 Å². The largest absolute Gasteiger partial charge is 0.419 e. The number of nitrogens with zero attached hydrogens (tertiary/aromatic N) is 2. The summed E-state index contributed by atoms with van der Waals surface area (Å²) in [6.07, 6.45) is -1.95. The van der Waals surface area contributed by atoms with Gasteiger partial charge in [-0.15, -0.1) is 0 Å². The highest BCUT2D eigenvalue weighted by Gasteiger charge is 2.38. The molecule has 0 amide bonds. The van der Waals surface area contributed by atoms with Crippen molar-refractivity contribution in [1.29, 1.82) is 0 Å². The Morgan fingerprint density at radius 3 is 2.29 bits per heavy atom. The molecule has 0 fully saturated rings. The van der Waals surface area contributed by atoms with Gasteiger partial charge in [0, 0.05) is 6.20 Å². The van der Waals surface area contributed by atoms with Gasteiger partial charge < -0.3 is 5.11 Å². The Morgan fingerprint density at radius 1 is 1.36 bits per heavy atom.